The highest BCUT2D eigenvalue weighted by Gasteiger charge is 2.09. The molecule has 0 aliphatic rings. The van der Waals surface area contributed by atoms with Gasteiger partial charge in [0.1, 0.15) is 11.3 Å². The number of oxazole rings is 1. The van der Waals surface area contributed by atoms with Crippen LogP contribution in [0.1, 0.15) is 11.5 Å². The van der Waals surface area contributed by atoms with E-state index in [1.165, 1.54) is 0 Å². The highest BCUT2D eigenvalue weighted by atomic mass is 16.3. The van der Waals surface area contributed by atoms with E-state index >= 15 is 0 Å². The highest BCUT2D eigenvalue weighted by Crippen LogP contribution is 2.19. The number of fused-ring (bicyclic) bond motifs is 1. The van der Waals surface area contributed by atoms with Crippen molar-refractivity contribution in [2.75, 3.05) is 11.5 Å². The van der Waals surface area contributed by atoms with Crippen molar-refractivity contribution in [2.24, 2.45) is 0 Å². The monoisotopic (exact) mass is 241 g/mol. The SMILES string of the molecule is Nc1ncc(Cc2nc3ccccc3o2)c(N)n1. The smallest absolute Gasteiger partial charge is 0.221 e. The minimum Gasteiger partial charge on any atom is -0.440 e. The maximum atomic E-state index is 5.76. The summed E-state index contributed by atoms with van der Waals surface area (Å²) in [5.74, 6) is 1.09. The van der Waals surface area contributed by atoms with E-state index in [-0.39, 0.29) is 5.95 Å². The van der Waals surface area contributed by atoms with Gasteiger partial charge in [-0.3, -0.25) is 0 Å². The largest absolute Gasteiger partial charge is 0.440 e. The second kappa shape index (κ2) is 3.99. The Morgan fingerprint density at radius 1 is 1.11 bits per heavy atom. The van der Waals surface area contributed by atoms with Crippen molar-refractivity contribution in [1.29, 1.82) is 0 Å². The van der Waals surface area contributed by atoms with E-state index in [0.29, 0.717) is 18.1 Å². The number of aromatic nitrogens is 3. The molecule has 0 bridgehead atoms. The van der Waals surface area contributed by atoms with Gasteiger partial charge in [0.05, 0.1) is 6.42 Å². The molecular weight excluding hydrogens is 230 g/mol. The van der Waals surface area contributed by atoms with Gasteiger partial charge in [0, 0.05) is 11.8 Å². The van der Waals surface area contributed by atoms with Gasteiger partial charge in [-0.25, -0.2) is 9.97 Å². The molecule has 4 N–H and O–H groups in total. The number of hydrogen-bond donors (Lipinski definition) is 2. The van der Waals surface area contributed by atoms with Crippen LogP contribution in [0, 0.1) is 0 Å². The summed E-state index contributed by atoms with van der Waals surface area (Å²) in [5, 5.41) is 0. The molecule has 18 heavy (non-hydrogen) atoms. The van der Waals surface area contributed by atoms with E-state index in [2.05, 4.69) is 15.0 Å². The molecule has 3 rings (SSSR count). The zero-order chi connectivity index (χ0) is 12.5. The number of nitrogen functional groups attached to an aromatic ring is 2. The van der Waals surface area contributed by atoms with Crippen molar-refractivity contribution < 1.29 is 4.42 Å². The standard InChI is InChI=1S/C12H11N5O/c13-11-7(6-15-12(14)17-11)5-10-16-8-3-1-2-4-9(8)18-10/h1-4,6H,5H2,(H4,13,14,15,17). The third kappa shape index (κ3) is 1.84. The normalized spacial score (nSPS) is 10.9. The Balaban J connectivity index is 1.96. The van der Waals surface area contributed by atoms with Crippen LogP contribution in [0.15, 0.2) is 34.9 Å². The highest BCUT2D eigenvalue weighted by molar-refractivity contribution is 5.72. The average molecular weight is 241 g/mol. The predicted molar refractivity (Wildman–Crippen MR) is 67.7 cm³/mol. The predicted octanol–water partition coefficient (Wildman–Crippen LogP) is 1.37. The van der Waals surface area contributed by atoms with Gasteiger partial charge in [-0.2, -0.15) is 4.98 Å². The van der Waals surface area contributed by atoms with Crippen LogP contribution in [-0.4, -0.2) is 15.0 Å². The summed E-state index contributed by atoms with van der Waals surface area (Å²) in [6.07, 6.45) is 2.04. The summed E-state index contributed by atoms with van der Waals surface area (Å²) in [6, 6.07) is 7.58. The molecule has 2 aromatic heterocycles. The molecule has 0 atom stereocenters. The van der Waals surface area contributed by atoms with Crippen molar-refractivity contribution in [3.8, 4) is 0 Å². The molecule has 90 valence electrons. The first kappa shape index (κ1) is 10.5. The van der Waals surface area contributed by atoms with Crippen LogP contribution in [0.4, 0.5) is 11.8 Å². The van der Waals surface area contributed by atoms with Gasteiger partial charge in [0.2, 0.25) is 5.95 Å². The molecule has 2 heterocycles. The number of para-hydroxylation sites is 2. The summed E-state index contributed by atoms with van der Waals surface area (Å²) in [4.78, 5) is 12.2. The number of rotatable bonds is 2. The van der Waals surface area contributed by atoms with Gasteiger partial charge in [0.25, 0.3) is 0 Å². The fourth-order valence-electron chi connectivity index (χ4n) is 1.73. The third-order valence-electron chi connectivity index (χ3n) is 2.60. The molecule has 0 spiro atoms. The quantitative estimate of drug-likeness (QED) is 0.702. The molecule has 0 amide bonds. The first-order chi connectivity index (χ1) is 8.72. The molecule has 0 radical (unpaired) electrons. The Hall–Kier alpha value is -2.63. The average Bonchev–Trinajstić information content (AvgIpc) is 2.75. The Morgan fingerprint density at radius 3 is 2.72 bits per heavy atom. The molecule has 6 heteroatoms. The van der Waals surface area contributed by atoms with Gasteiger partial charge >= 0.3 is 0 Å². The first-order valence-electron chi connectivity index (χ1n) is 5.43. The molecular formula is C12H11N5O. The zero-order valence-electron chi connectivity index (χ0n) is 9.50. The van der Waals surface area contributed by atoms with Gasteiger partial charge in [-0.15, -0.1) is 0 Å². The van der Waals surface area contributed by atoms with Crippen LogP contribution < -0.4 is 11.5 Å². The lowest BCUT2D eigenvalue weighted by atomic mass is 10.2. The lowest BCUT2D eigenvalue weighted by molar-refractivity contribution is 0.544. The third-order valence-corrected chi connectivity index (χ3v) is 2.60. The maximum Gasteiger partial charge on any atom is 0.221 e. The van der Waals surface area contributed by atoms with Crippen LogP contribution in [0.2, 0.25) is 0 Å². The number of benzene rings is 1. The second-order valence-electron chi connectivity index (χ2n) is 3.89. The van der Waals surface area contributed by atoms with Gasteiger partial charge < -0.3 is 15.9 Å². The summed E-state index contributed by atoms with van der Waals surface area (Å²) < 4.78 is 5.60. The number of anilines is 2. The molecule has 0 unspecified atom stereocenters. The van der Waals surface area contributed by atoms with E-state index in [0.717, 1.165) is 16.7 Å². The minimum atomic E-state index is 0.161. The second-order valence-corrected chi connectivity index (χ2v) is 3.89. The van der Waals surface area contributed by atoms with Crippen LogP contribution in [0.3, 0.4) is 0 Å². The van der Waals surface area contributed by atoms with Crippen LogP contribution in [-0.2, 0) is 6.42 Å². The van der Waals surface area contributed by atoms with Crippen molar-refractivity contribution in [3.63, 3.8) is 0 Å². The van der Waals surface area contributed by atoms with Crippen molar-refractivity contribution in [2.45, 2.75) is 6.42 Å². The fourth-order valence-corrected chi connectivity index (χ4v) is 1.73. The Bertz CT molecular complexity index is 674. The van der Waals surface area contributed by atoms with Crippen molar-refractivity contribution >= 4 is 22.9 Å². The topological polar surface area (TPSA) is 104 Å². The molecule has 6 nitrogen and oxygen atoms in total. The fraction of sp³-hybridized carbons (Fsp3) is 0.0833. The lowest BCUT2D eigenvalue weighted by Gasteiger charge is -2.01. The summed E-state index contributed by atoms with van der Waals surface area (Å²) in [6.45, 7) is 0. The van der Waals surface area contributed by atoms with Crippen LogP contribution in [0.25, 0.3) is 11.1 Å². The van der Waals surface area contributed by atoms with Gasteiger partial charge in [-0.1, -0.05) is 12.1 Å². The molecule has 3 aromatic rings. The summed E-state index contributed by atoms with van der Waals surface area (Å²) in [5.41, 5.74) is 13.5. The van der Waals surface area contributed by atoms with Crippen molar-refractivity contribution in [1.82, 2.24) is 15.0 Å². The van der Waals surface area contributed by atoms with Gasteiger partial charge in [-0.05, 0) is 12.1 Å². The van der Waals surface area contributed by atoms with E-state index in [1.807, 2.05) is 24.3 Å². The van der Waals surface area contributed by atoms with E-state index < -0.39 is 0 Å². The number of hydrogen-bond acceptors (Lipinski definition) is 6. The summed E-state index contributed by atoms with van der Waals surface area (Å²) >= 11 is 0. The maximum absolute atomic E-state index is 5.76. The van der Waals surface area contributed by atoms with Gasteiger partial charge in [0.15, 0.2) is 11.5 Å². The summed E-state index contributed by atoms with van der Waals surface area (Å²) in [7, 11) is 0. The Morgan fingerprint density at radius 2 is 1.94 bits per heavy atom. The minimum absolute atomic E-state index is 0.161. The number of nitrogens with zero attached hydrogens (tertiary/aromatic N) is 3. The Kier molecular flexibility index (Phi) is 2.33. The van der Waals surface area contributed by atoms with E-state index in [1.54, 1.807) is 6.20 Å². The van der Waals surface area contributed by atoms with Crippen LogP contribution >= 0.6 is 0 Å². The van der Waals surface area contributed by atoms with Crippen molar-refractivity contribution in [3.05, 3.63) is 41.9 Å². The first-order valence-corrected chi connectivity index (χ1v) is 5.43. The molecule has 0 saturated heterocycles. The molecule has 0 fully saturated rings. The number of nitrogens with two attached hydrogens (primary N) is 2. The van der Waals surface area contributed by atoms with E-state index in [9.17, 15) is 0 Å². The molecule has 0 aliphatic carbocycles. The zero-order valence-corrected chi connectivity index (χ0v) is 9.50. The van der Waals surface area contributed by atoms with Crippen LogP contribution in [0.5, 0.6) is 0 Å². The molecule has 0 aliphatic heterocycles. The van der Waals surface area contributed by atoms with E-state index in [4.69, 9.17) is 15.9 Å². The Labute approximate surface area is 103 Å². The lowest BCUT2D eigenvalue weighted by Crippen LogP contribution is -2.04. The molecule has 0 saturated carbocycles. The molecule has 1 aromatic carbocycles.